The summed E-state index contributed by atoms with van der Waals surface area (Å²) in [6, 6.07) is 2.18. The molecule has 2 rings (SSSR count). The van der Waals surface area contributed by atoms with E-state index in [-0.39, 0.29) is 0 Å². The van der Waals surface area contributed by atoms with E-state index < -0.39 is 0 Å². The summed E-state index contributed by atoms with van der Waals surface area (Å²) in [5.74, 6) is 0. The van der Waals surface area contributed by atoms with Crippen molar-refractivity contribution in [2.75, 3.05) is 6.54 Å². The molecule has 2 heterocycles. The second-order valence-corrected chi connectivity index (χ2v) is 4.75. The Kier molecular flexibility index (Phi) is 3.74. The van der Waals surface area contributed by atoms with Gasteiger partial charge in [0.05, 0.1) is 5.69 Å². The van der Waals surface area contributed by atoms with Gasteiger partial charge in [0.15, 0.2) is 0 Å². The number of nitrogens with zero attached hydrogens (tertiary/aromatic N) is 2. The monoisotopic (exact) mass is 235 g/mol. The van der Waals surface area contributed by atoms with Crippen molar-refractivity contribution in [3.8, 4) is 0 Å². The van der Waals surface area contributed by atoms with Crippen LogP contribution in [-0.2, 0) is 20.0 Å². The molecule has 0 spiro atoms. The molecule has 4 heteroatoms. The van der Waals surface area contributed by atoms with E-state index in [1.807, 2.05) is 11.7 Å². The average molecular weight is 235 g/mol. The predicted molar refractivity (Wildman–Crippen MR) is 67.7 cm³/mol. The highest BCUT2D eigenvalue weighted by atomic mass is 32.1. The number of hydrogen-bond donors (Lipinski definition) is 1. The Morgan fingerprint density at radius 1 is 1.50 bits per heavy atom. The van der Waals surface area contributed by atoms with Crippen LogP contribution in [0.1, 0.15) is 16.8 Å². The van der Waals surface area contributed by atoms with Crippen LogP contribution in [0.4, 0.5) is 0 Å². The topological polar surface area (TPSA) is 29.9 Å². The fourth-order valence-corrected chi connectivity index (χ4v) is 2.42. The van der Waals surface area contributed by atoms with Crippen LogP contribution in [0.5, 0.6) is 0 Å². The number of aromatic nitrogens is 2. The number of thiophene rings is 1. The minimum Gasteiger partial charge on any atom is -0.312 e. The Labute approximate surface area is 100 Å². The van der Waals surface area contributed by atoms with Crippen LogP contribution < -0.4 is 5.32 Å². The second-order valence-electron chi connectivity index (χ2n) is 3.97. The van der Waals surface area contributed by atoms with Gasteiger partial charge < -0.3 is 5.32 Å². The van der Waals surface area contributed by atoms with Gasteiger partial charge in [-0.25, -0.2) is 0 Å². The SMILES string of the molecule is Cc1nn(C)cc1CNCCc1ccsc1. The molecule has 2 aromatic heterocycles. The van der Waals surface area contributed by atoms with Crippen molar-refractivity contribution >= 4 is 11.3 Å². The largest absolute Gasteiger partial charge is 0.312 e. The molecule has 0 aliphatic heterocycles. The molecule has 0 aliphatic rings. The molecule has 16 heavy (non-hydrogen) atoms. The van der Waals surface area contributed by atoms with Gasteiger partial charge in [-0.05, 0) is 42.3 Å². The van der Waals surface area contributed by atoms with Crippen molar-refractivity contribution < 1.29 is 0 Å². The lowest BCUT2D eigenvalue weighted by Crippen LogP contribution is -2.16. The van der Waals surface area contributed by atoms with Crippen molar-refractivity contribution in [1.82, 2.24) is 15.1 Å². The molecular formula is C12H17N3S. The van der Waals surface area contributed by atoms with Gasteiger partial charge >= 0.3 is 0 Å². The highest BCUT2D eigenvalue weighted by molar-refractivity contribution is 7.07. The van der Waals surface area contributed by atoms with Gasteiger partial charge in [0.25, 0.3) is 0 Å². The quantitative estimate of drug-likeness (QED) is 0.805. The standard InChI is InChI=1S/C12H17N3S/c1-10-12(8-15(2)14-10)7-13-5-3-11-4-6-16-9-11/h4,6,8-9,13H,3,5,7H2,1-2H3. The van der Waals surface area contributed by atoms with Crippen molar-refractivity contribution in [3.05, 3.63) is 39.8 Å². The highest BCUT2D eigenvalue weighted by Crippen LogP contribution is 2.06. The molecular weight excluding hydrogens is 218 g/mol. The maximum absolute atomic E-state index is 4.32. The Hall–Kier alpha value is -1.13. The second kappa shape index (κ2) is 5.27. The summed E-state index contributed by atoms with van der Waals surface area (Å²) in [7, 11) is 1.96. The predicted octanol–water partition coefficient (Wildman–Crippen LogP) is 2.12. The molecule has 0 bridgehead atoms. The molecule has 0 saturated heterocycles. The first kappa shape index (κ1) is 11.4. The summed E-state index contributed by atoms with van der Waals surface area (Å²) in [5.41, 5.74) is 3.82. The summed E-state index contributed by atoms with van der Waals surface area (Å²) in [6.45, 7) is 3.98. The van der Waals surface area contributed by atoms with Crippen molar-refractivity contribution in [3.63, 3.8) is 0 Å². The molecule has 0 radical (unpaired) electrons. The zero-order chi connectivity index (χ0) is 11.4. The lowest BCUT2D eigenvalue weighted by molar-refractivity contribution is 0.685. The van der Waals surface area contributed by atoms with E-state index in [0.29, 0.717) is 0 Å². The molecule has 0 aromatic carbocycles. The number of nitrogens with one attached hydrogen (secondary N) is 1. The Morgan fingerprint density at radius 2 is 2.38 bits per heavy atom. The Morgan fingerprint density at radius 3 is 3.00 bits per heavy atom. The van der Waals surface area contributed by atoms with Crippen LogP contribution in [0.15, 0.2) is 23.0 Å². The van der Waals surface area contributed by atoms with E-state index in [9.17, 15) is 0 Å². The smallest absolute Gasteiger partial charge is 0.0638 e. The summed E-state index contributed by atoms with van der Waals surface area (Å²) in [6.07, 6.45) is 3.18. The molecule has 0 fully saturated rings. The van der Waals surface area contributed by atoms with E-state index in [2.05, 4.69) is 40.4 Å². The highest BCUT2D eigenvalue weighted by Gasteiger charge is 2.01. The molecule has 0 saturated carbocycles. The summed E-state index contributed by atoms with van der Waals surface area (Å²) < 4.78 is 1.87. The maximum atomic E-state index is 4.32. The third-order valence-corrected chi connectivity index (χ3v) is 3.33. The van der Waals surface area contributed by atoms with Crippen LogP contribution in [-0.4, -0.2) is 16.3 Å². The van der Waals surface area contributed by atoms with E-state index in [4.69, 9.17) is 0 Å². The van der Waals surface area contributed by atoms with Gasteiger partial charge in [-0.2, -0.15) is 16.4 Å². The number of hydrogen-bond acceptors (Lipinski definition) is 3. The van der Waals surface area contributed by atoms with Gasteiger partial charge in [-0.1, -0.05) is 0 Å². The molecule has 86 valence electrons. The number of rotatable bonds is 5. The van der Waals surface area contributed by atoms with Gasteiger partial charge in [-0.3, -0.25) is 4.68 Å². The van der Waals surface area contributed by atoms with E-state index in [0.717, 1.165) is 25.2 Å². The summed E-state index contributed by atoms with van der Waals surface area (Å²) in [4.78, 5) is 0. The van der Waals surface area contributed by atoms with Crippen molar-refractivity contribution in [2.24, 2.45) is 7.05 Å². The third-order valence-electron chi connectivity index (χ3n) is 2.60. The summed E-state index contributed by atoms with van der Waals surface area (Å²) in [5, 5.41) is 12.1. The van der Waals surface area contributed by atoms with E-state index in [1.165, 1.54) is 11.1 Å². The van der Waals surface area contributed by atoms with Crippen molar-refractivity contribution in [1.29, 1.82) is 0 Å². The summed E-state index contributed by atoms with van der Waals surface area (Å²) >= 11 is 1.76. The fourth-order valence-electron chi connectivity index (χ4n) is 1.71. The average Bonchev–Trinajstić information content (AvgIpc) is 2.84. The van der Waals surface area contributed by atoms with Crippen LogP contribution in [0.25, 0.3) is 0 Å². The normalized spacial score (nSPS) is 10.9. The van der Waals surface area contributed by atoms with Gasteiger partial charge in [0.1, 0.15) is 0 Å². The molecule has 0 aliphatic carbocycles. The molecule has 2 aromatic rings. The van der Waals surface area contributed by atoms with Crippen LogP contribution >= 0.6 is 11.3 Å². The molecule has 3 nitrogen and oxygen atoms in total. The zero-order valence-electron chi connectivity index (χ0n) is 9.73. The van der Waals surface area contributed by atoms with Crippen LogP contribution in [0, 0.1) is 6.92 Å². The lowest BCUT2D eigenvalue weighted by atomic mass is 10.2. The molecule has 0 atom stereocenters. The minimum atomic E-state index is 0.907. The van der Waals surface area contributed by atoms with Gasteiger partial charge in [0, 0.05) is 25.4 Å². The maximum Gasteiger partial charge on any atom is 0.0638 e. The zero-order valence-corrected chi connectivity index (χ0v) is 10.5. The van der Waals surface area contributed by atoms with E-state index >= 15 is 0 Å². The number of aryl methyl sites for hydroxylation is 2. The fraction of sp³-hybridized carbons (Fsp3) is 0.417. The first-order valence-electron chi connectivity index (χ1n) is 5.46. The van der Waals surface area contributed by atoms with Crippen LogP contribution in [0.3, 0.4) is 0 Å². The minimum absolute atomic E-state index is 0.907. The first-order chi connectivity index (χ1) is 7.75. The Bertz CT molecular complexity index is 431. The molecule has 0 amide bonds. The Balaban J connectivity index is 1.74. The lowest BCUT2D eigenvalue weighted by Gasteiger charge is -2.02. The molecule has 1 N–H and O–H groups in total. The van der Waals surface area contributed by atoms with Gasteiger partial charge in [0.2, 0.25) is 0 Å². The van der Waals surface area contributed by atoms with Crippen molar-refractivity contribution in [2.45, 2.75) is 19.9 Å². The van der Waals surface area contributed by atoms with E-state index in [1.54, 1.807) is 11.3 Å². The third kappa shape index (κ3) is 2.93. The van der Waals surface area contributed by atoms with Gasteiger partial charge in [-0.15, -0.1) is 0 Å². The first-order valence-corrected chi connectivity index (χ1v) is 6.41. The van der Waals surface area contributed by atoms with Crippen LogP contribution in [0.2, 0.25) is 0 Å². The molecule has 0 unspecified atom stereocenters.